The SMILES string of the molecule is C(=Cc1ccc(N(c2ccccc2)c2cc3ccccc3c3ccccc23)cc1)c1ccc(-c2ccc(N(c3ccccc3)c3ccccc3)cc2)cc1. The second-order valence-corrected chi connectivity index (χ2v) is 13.4. The first-order valence-electron chi connectivity index (χ1n) is 18.4. The Morgan fingerprint density at radius 1 is 0.278 bits per heavy atom. The summed E-state index contributed by atoms with van der Waals surface area (Å²) >= 11 is 0. The molecule has 0 aromatic heterocycles. The highest BCUT2D eigenvalue weighted by Crippen LogP contribution is 2.42. The minimum absolute atomic E-state index is 1.12. The third-order valence-electron chi connectivity index (χ3n) is 10.0. The van der Waals surface area contributed by atoms with Gasteiger partial charge in [0.15, 0.2) is 0 Å². The summed E-state index contributed by atoms with van der Waals surface area (Å²) < 4.78 is 0. The van der Waals surface area contributed by atoms with Gasteiger partial charge in [-0.2, -0.15) is 0 Å². The molecule has 2 nitrogen and oxygen atoms in total. The molecule has 9 aromatic carbocycles. The van der Waals surface area contributed by atoms with Crippen LogP contribution >= 0.6 is 0 Å². The van der Waals surface area contributed by atoms with Gasteiger partial charge in [0.2, 0.25) is 0 Å². The topological polar surface area (TPSA) is 6.48 Å². The third-order valence-corrected chi connectivity index (χ3v) is 10.0. The normalized spacial score (nSPS) is 11.3. The van der Waals surface area contributed by atoms with E-state index in [1.54, 1.807) is 0 Å². The predicted octanol–water partition coefficient (Wildman–Crippen LogP) is 14.8. The van der Waals surface area contributed by atoms with Crippen molar-refractivity contribution in [1.82, 2.24) is 0 Å². The fourth-order valence-corrected chi connectivity index (χ4v) is 7.34. The van der Waals surface area contributed by atoms with Crippen LogP contribution in [0.15, 0.2) is 218 Å². The molecule has 0 aliphatic carbocycles. The first-order chi connectivity index (χ1) is 26.8. The molecule has 0 radical (unpaired) electrons. The number of fused-ring (bicyclic) bond motifs is 3. The Kier molecular flexibility index (Phi) is 8.99. The van der Waals surface area contributed by atoms with Gasteiger partial charge in [-0.1, -0.05) is 164 Å². The highest BCUT2D eigenvalue weighted by atomic mass is 15.1. The Balaban J connectivity index is 0.957. The first kappa shape index (κ1) is 32.7. The molecule has 0 bridgehead atoms. The molecule has 54 heavy (non-hydrogen) atoms. The average molecular weight is 691 g/mol. The Bertz CT molecular complexity index is 2630. The van der Waals surface area contributed by atoms with E-state index < -0.39 is 0 Å². The fourth-order valence-electron chi connectivity index (χ4n) is 7.34. The van der Waals surface area contributed by atoms with Crippen LogP contribution in [0.2, 0.25) is 0 Å². The molecule has 0 aliphatic rings. The van der Waals surface area contributed by atoms with Crippen molar-refractivity contribution in [2.75, 3.05) is 9.80 Å². The molecule has 0 fully saturated rings. The Morgan fingerprint density at radius 2 is 0.648 bits per heavy atom. The zero-order valence-electron chi connectivity index (χ0n) is 29.8. The van der Waals surface area contributed by atoms with Gasteiger partial charge in [0.1, 0.15) is 0 Å². The quantitative estimate of drug-likeness (QED) is 0.110. The Hall–Kier alpha value is -7.16. The number of hydrogen-bond acceptors (Lipinski definition) is 2. The van der Waals surface area contributed by atoms with Crippen molar-refractivity contribution in [3.63, 3.8) is 0 Å². The van der Waals surface area contributed by atoms with Crippen LogP contribution < -0.4 is 9.80 Å². The first-order valence-corrected chi connectivity index (χ1v) is 18.4. The maximum Gasteiger partial charge on any atom is 0.0546 e. The highest BCUT2D eigenvalue weighted by molar-refractivity contribution is 6.14. The number of nitrogens with zero attached hydrogens (tertiary/aromatic N) is 2. The van der Waals surface area contributed by atoms with E-state index in [9.17, 15) is 0 Å². The summed E-state index contributed by atoms with van der Waals surface area (Å²) in [5.74, 6) is 0. The third kappa shape index (κ3) is 6.65. The summed E-state index contributed by atoms with van der Waals surface area (Å²) in [6, 6.07) is 77.8. The zero-order valence-corrected chi connectivity index (χ0v) is 29.8. The van der Waals surface area contributed by atoms with Crippen molar-refractivity contribution in [1.29, 1.82) is 0 Å². The molecule has 0 amide bonds. The second kappa shape index (κ2) is 14.8. The molecule has 0 saturated carbocycles. The molecule has 0 atom stereocenters. The van der Waals surface area contributed by atoms with E-state index in [0.717, 1.165) is 39.6 Å². The molecule has 0 heterocycles. The van der Waals surface area contributed by atoms with Crippen LogP contribution in [0.25, 0.3) is 44.8 Å². The summed E-state index contributed by atoms with van der Waals surface area (Å²) in [6.45, 7) is 0. The van der Waals surface area contributed by atoms with Crippen LogP contribution in [-0.4, -0.2) is 0 Å². The lowest BCUT2D eigenvalue weighted by atomic mass is 9.99. The van der Waals surface area contributed by atoms with E-state index >= 15 is 0 Å². The van der Waals surface area contributed by atoms with Crippen molar-refractivity contribution >= 4 is 67.8 Å². The number of anilines is 6. The molecule has 0 N–H and O–H groups in total. The van der Waals surface area contributed by atoms with Crippen LogP contribution in [0.3, 0.4) is 0 Å². The van der Waals surface area contributed by atoms with Crippen LogP contribution in [0.4, 0.5) is 34.1 Å². The van der Waals surface area contributed by atoms with Crippen molar-refractivity contribution in [2.24, 2.45) is 0 Å². The van der Waals surface area contributed by atoms with Gasteiger partial charge < -0.3 is 9.80 Å². The Morgan fingerprint density at radius 3 is 1.20 bits per heavy atom. The fraction of sp³-hybridized carbons (Fsp3) is 0. The summed E-state index contributed by atoms with van der Waals surface area (Å²) in [4.78, 5) is 4.66. The summed E-state index contributed by atoms with van der Waals surface area (Å²) in [5.41, 5.74) is 11.5. The maximum atomic E-state index is 2.37. The van der Waals surface area contributed by atoms with Gasteiger partial charge >= 0.3 is 0 Å². The lowest BCUT2D eigenvalue weighted by molar-refractivity contribution is 1.28. The molecule has 0 unspecified atom stereocenters. The summed E-state index contributed by atoms with van der Waals surface area (Å²) in [7, 11) is 0. The minimum Gasteiger partial charge on any atom is -0.311 e. The van der Waals surface area contributed by atoms with Gasteiger partial charge in [-0.15, -0.1) is 0 Å². The summed E-state index contributed by atoms with van der Waals surface area (Å²) in [6.07, 6.45) is 4.37. The lowest BCUT2D eigenvalue weighted by Crippen LogP contribution is -2.10. The maximum absolute atomic E-state index is 2.37. The van der Waals surface area contributed by atoms with E-state index in [0.29, 0.717) is 0 Å². The molecule has 0 aliphatic heterocycles. The van der Waals surface area contributed by atoms with Gasteiger partial charge in [-0.25, -0.2) is 0 Å². The van der Waals surface area contributed by atoms with Gasteiger partial charge in [-0.3, -0.25) is 0 Å². The standard InChI is InChI=1S/C52H38N2/c1-4-15-44(16-5-1)53(45-17-6-2-7-18-45)47-36-32-42(33-37-47)41-30-26-39(27-31-41)24-25-40-28-34-48(35-29-40)54(46-19-8-3-9-20-46)52-38-43-14-10-11-21-49(43)50-22-12-13-23-51(50)52/h1-38H. The second-order valence-electron chi connectivity index (χ2n) is 13.4. The largest absolute Gasteiger partial charge is 0.311 e. The minimum atomic E-state index is 1.12. The summed E-state index contributed by atoms with van der Waals surface area (Å²) in [5, 5.41) is 4.98. The Labute approximate surface area is 317 Å². The molecular formula is C52H38N2. The molecule has 9 rings (SSSR count). The average Bonchev–Trinajstić information content (AvgIpc) is 3.25. The molecule has 0 saturated heterocycles. The van der Waals surface area contributed by atoms with Crippen LogP contribution in [-0.2, 0) is 0 Å². The van der Waals surface area contributed by atoms with E-state index in [4.69, 9.17) is 0 Å². The molecule has 2 heteroatoms. The predicted molar refractivity (Wildman–Crippen MR) is 232 cm³/mol. The number of para-hydroxylation sites is 3. The van der Waals surface area contributed by atoms with Gasteiger partial charge in [0.05, 0.1) is 5.69 Å². The lowest BCUT2D eigenvalue weighted by Gasteiger charge is -2.27. The van der Waals surface area contributed by atoms with Crippen molar-refractivity contribution in [2.45, 2.75) is 0 Å². The van der Waals surface area contributed by atoms with E-state index in [-0.39, 0.29) is 0 Å². The smallest absolute Gasteiger partial charge is 0.0546 e. The van der Waals surface area contributed by atoms with Crippen molar-refractivity contribution in [3.8, 4) is 11.1 Å². The van der Waals surface area contributed by atoms with Gasteiger partial charge in [0, 0.05) is 33.8 Å². The van der Waals surface area contributed by atoms with E-state index in [2.05, 4.69) is 240 Å². The molecular weight excluding hydrogens is 653 g/mol. The number of benzene rings is 9. The van der Waals surface area contributed by atoms with Crippen LogP contribution in [0.1, 0.15) is 11.1 Å². The van der Waals surface area contributed by atoms with Gasteiger partial charge in [-0.05, 0) is 105 Å². The highest BCUT2D eigenvalue weighted by Gasteiger charge is 2.17. The van der Waals surface area contributed by atoms with Gasteiger partial charge in [0.25, 0.3) is 0 Å². The molecule has 256 valence electrons. The monoisotopic (exact) mass is 690 g/mol. The number of hydrogen-bond donors (Lipinski definition) is 0. The molecule has 9 aromatic rings. The van der Waals surface area contributed by atoms with Crippen molar-refractivity contribution in [3.05, 3.63) is 230 Å². The van der Waals surface area contributed by atoms with Crippen LogP contribution in [0, 0.1) is 0 Å². The molecule has 0 spiro atoms. The number of rotatable bonds is 9. The van der Waals surface area contributed by atoms with E-state index in [1.165, 1.54) is 38.4 Å². The van der Waals surface area contributed by atoms with Crippen LogP contribution in [0.5, 0.6) is 0 Å². The van der Waals surface area contributed by atoms with Crippen molar-refractivity contribution < 1.29 is 0 Å². The zero-order chi connectivity index (χ0) is 36.1. The van der Waals surface area contributed by atoms with E-state index in [1.807, 2.05) is 0 Å².